The van der Waals surface area contributed by atoms with Gasteiger partial charge in [-0.25, -0.2) is 0 Å². The Kier molecular flexibility index (Phi) is 7.90. The first-order valence-corrected chi connectivity index (χ1v) is 11.8. The van der Waals surface area contributed by atoms with Crippen molar-refractivity contribution in [3.05, 3.63) is 58.7 Å². The molecule has 0 spiro atoms. The minimum Gasteiger partial charge on any atom is -0.481 e. The first-order valence-electron chi connectivity index (χ1n) is 11.8. The standard InChI is InChI=1S/C27H29F3N2O6/c1-13-6-8-16(10-18(13)31-5)26(4,27(28,29)30)17-9-7-14(2)19(11-17)32-24(35)21-20(15(3)34)23(38-12-33)22(21)25(36)37/h6-12,20-23,31H,1-5H3,(H,32,35)(H,36,37). The number of ether oxygens (including phenoxy) is 1. The number of ketones is 1. The maximum atomic E-state index is 14.6. The monoisotopic (exact) mass is 534 g/mol. The van der Waals surface area contributed by atoms with Crippen LogP contribution in [0.2, 0.25) is 0 Å². The molecule has 1 amide bonds. The first-order chi connectivity index (χ1) is 17.7. The molecule has 1 aliphatic rings. The van der Waals surface area contributed by atoms with Gasteiger partial charge in [-0.1, -0.05) is 24.3 Å². The number of Topliss-reactive ketones (excluding diaryl/α,β-unsaturated/α-hetero) is 1. The topological polar surface area (TPSA) is 122 Å². The molecule has 1 fully saturated rings. The Morgan fingerprint density at radius 2 is 1.47 bits per heavy atom. The van der Waals surface area contributed by atoms with E-state index in [2.05, 4.69) is 10.6 Å². The quantitative estimate of drug-likeness (QED) is 0.412. The Morgan fingerprint density at radius 1 is 0.947 bits per heavy atom. The minimum atomic E-state index is -4.72. The van der Waals surface area contributed by atoms with Crippen LogP contribution in [-0.2, 0) is 29.3 Å². The van der Waals surface area contributed by atoms with Crippen molar-refractivity contribution < 1.29 is 42.2 Å². The van der Waals surface area contributed by atoms with Gasteiger partial charge in [0.15, 0.2) is 0 Å². The normalized spacial score (nSPS) is 22.4. The van der Waals surface area contributed by atoms with Crippen molar-refractivity contribution in [2.75, 3.05) is 17.7 Å². The summed E-state index contributed by atoms with van der Waals surface area (Å²) in [5.41, 5.74) is -0.854. The fourth-order valence-corrected chi connectivity index (χ4v) is 5.03. The Balaban J connectivity index is 2.04. The molecule has 0 bridgehead atoms. The molecule has 3 N–H and O–H groups in total. The number of aliphatic carboxylic acids is 1. The van der Waals surface area contributed by atoms with Crippen molar-refractivity contribution in [3.63, 3.8) is 0 Å². The largest absolute Gasteiger partial charge is 0.481 e. The van der Waals surface area contributed by atoms with Crippen LogP contribution in [0.15, 0.2) is 36.4 Å². The highest BCUT2D eigenvalue weighted by Crippen LogP contribution is 2.48. The van der Waals surface area contributed by atoms with Crippen molar-refractivity contribution in [3.8, 4) is 0 Å². The van der Waals surface area contributed by atoms with E-state index in [0.717, 1.165) is 19.4 Å². The predicted octanol–water partition coefficient (Wildman–Crippen LogP) is 4.23. The van der Waals surface area contributed by atoms with Crippen LogP contribution in [0, 0.1) is 31.6 Å². The molecule has 38 heavy (non-hydrogen) atoms. The zero-order chi connectivity index (χ0) is 28.6. The fraction of sp³-hybridized carbons (Fsp3) is 0.407. The number of halogens is 3. The number of aryl methyl sites for hydroxylation is 2. The second kappa shape index (κ2) is 10.5. The molecule has 0 heterocycles. The summed E-state index contributed by atoms with van der Waals surface area (Å²) >= 11 is 0. The molecular weight excluding hydrogens is 505 g/mol. The van der Waals surface area contributed by atoms with Crippen molar-refractivity contribution in [1.82, 2.24) is 0 Å². The molecule has 5 atom stereocenters. The lowest BCUT2D eigenvalue weighted by Gasteiger charge is -2.45. The molecule has 0 saturated heterocycles. The molecule has 8 nitrogen and oxygen atoms in total. The average molecular weight is 535 g/mol. The minimum absolute atomic E-state index is 0.0147. The molecule has 3 rings (SSSR count). The van der Waals surface area contributed by atoms with Crippen molar-refractivity contribution >= 4 is 35.5 Å². The van der Waals surface area contributed by atoms with Crippen molar-refractivity contribution in [1.29, 1.82) is 0 Å². The number of amides is 1. The van der Waals surface area contributed by atoms with Gasteiger partial charge in [0.1, 0.15) is 23.2 Å². The van der Waals surface area contributed by atoms with Crippen LogP contribution in [0.4, 0.5) is 24.5 Å². The number of carboxylic acids is 1. The molecule has 5 unspecified atom stereocenters. The van der Waals surface area contributed by atoms with Gasteiger partial charge in [-0.15, -0.1) is 0 Å². The lowest BCUT2D eigenvalue weighted by molar-refractivity contribution is -0.185. The van der Waals surface area contributed by atoms with E-state index in [0.29, 0.717) is 11.3 Å². The summed E-state index contributed by atoms with van der Waals surface area (Å²) in [6, 6.07) is 8.38. The molecule has 0 aromatic heterocycles. The third-order valence-corrected chi connectivity index (χ3v) is 7.48. The lowest BCUT2D eigenvalue weighted by Crippen LogP contribution is -2.62. The van der Waals surface area contributed by atoms with Gasteiger partial charge in [-0.3, -0.25) is 19.2 Å². The Bertz CT molecular complexity index is 1260. The number of alkyl halides is 3. The van der Waals surface area contributed by atoms with Crippen molar-refractivity contribution in [2.24, 2.45) is 17.8 Å². The number of carbonyl (C=O) groups excluding carboxylic acids is 3. The maximum absolute atomic E-state index is 14.6. The van der Waals surface area contributed by atoms with Crippen LogP contribution < -0.4 is 10.6 Å². The van der Waals surface area contributed by atoms with Gasteiger partial charge in [-0.2, -0.15) is 13.2 Å². The van der Waals surface area contributed by atoms with Gasteiger partial charge >= 0.3 is 12.1 Å². The van der Waals surface area contributed by atoms with Gasteiger partial charge in [0.2, 0.25) is 5.91 Å². The zero-order valence-electron chi connectivity index (χ0n) is 21.5. The number of benzene rings is 2. The SMILES string of the molecule is CNc1cc(C(C)(c2ccc(C)c(NC(=O)C3C(C(C)=O)C(OC=O)C3C(=O)O)c2)C(F)(F)F)ccc1C. The Hall–Kier alpha value is -3.89. The third-order valence-electron chi connectivity index (χ3n) is 7.48. The summed E-state index contributed by atoms with van der Waals surface area (Å²) in [5.74, 6) is -6.91. The highest BCUT2D eigenvalue weighted by atomic mass is 19.4. The van der Waals surface area contributed by atoms with Gasteiger partial charge < -0.3 is 20.5 Å². The van der Waals surface area contributed by atoms with Crippen LogP contribution in [0.25, 0.3) is 0 Å². The number of rotatable bonds is 9. The van der Waals surface area contributed by atoms with E-state index >= 15 is 0 Å². The number of carbonyl (C=O) groups is 4. The van der Waals surface area contributed by atoms with E-state index in [4.69, 9.17) is 4.74 Å². The maximum Gasteiger partial charge on any atom is 0.402 e. The Labute approximate surface area is 217 Å². The molecule has 0 aliphatic heterocycles. The van der Waals surface area contributed by atoms with Crippen molar-refractivity contribution in [2.45, 2.75) is 45.4 Å². The molecule has 0 radical (unpaired) electrons. The second-order valence-corrected chi connectivity index (χ2v) is 9.64. The second-order valence-electron chi connectivity index (χ2n) is 9.64. The number of hydrogen-bond acceptors (Lipinski definition) is 6. The number of nitrogens with one attached hydrogen (secondary N) is 2. The van der Waals surface area contributed by atoms with E-state index in [9.17, 15) is 37.5 Å². The molecular formula is C27H29F3N2O6. The van der Waals surface area contributed by atoms with Crippen LogP contribution >= 0.6 is 0 Å². The molecule has 11 heteroatoms. The summed E-state index contributed by atoms with van der Waals surface area (Å²) in [6.07, 6.45) is -6.03. The van der Waals surface area contributed by atoms with Gasteiger partial charge in [0.25, 0.3) is 6.47 Å². The van der Waals surface area contributed by atoms with Gasteiger partial charge in [0, 0.05) is 18.4 Å². The summed E-state index contributed by atoms with van der Waals surface area (Å²) < 4.78 is 48.7. The Morgan fingerprint density at radius 3 is 1.92 bits per heavy atom. The third kappa shape index (κ3) is 4.84. The van der Waals surface area contributed by atoms with Crippen LogP contribution in [0.1, 0.15) is 36.1 Å². The summed E-state index contributed by atoms with van der Waals surface area (Å²) in [6.45, 7) is 5.55. The summed E-state index contributed by atoms with van der Waals surface area (Å²) in [7, 11) is 1.61. The summed E-state index contributed by atoms with van der Waals surface area (Å²) in [5, 5.41) is 15.0. The summed E-state index contributed by atoms with van der Waals surface area (Å²) in [4.78, 5) is 47.9. The van der Waals surface area contributed by atoms with E-state index < -0.39 is 53.1 Å². The average Bonchev–Trinajstić information content (AvgIpc) is 2.81. The highest BCUT2D eigenvalue weighted by molar-refractivity contribution is 6.01. The lowest BCUT2D eigenvalue weighted by atomic mass is 9.60. The number of anilines is 2. The highest BCUT2D eigenvalue weighted by Gasteiger charge is 2.61. The molecule has 1 aliphatic carbocycles. The molecule has 204 valence electrons. The predicted molar refractivity (Wildman–Crippen MR) is 133 cm³/mol. The fourth-order valence-electron chi connectivity index (χ4n) is 5.03. The molecule has 1 saturated carbocycles. The van der Waals surface area contributed by atoms with E-state index in [-0.39, 0.29) is 23.3 Å². The van der Waals surface area contributed by atoms with Gasteiger partial charge in [0.05, 0.1) is 11.8 Å². The van der Waals surface area contributed by atoms with Gasteiger partial charge in [-0.05, 0) is 62.1 Å². The molecule has 2 aromatic rings. The van der Waals surface area contributed by atoms with Crippen LogP contribution in [-0.4, -0.2) is 48.6 Å². The van der Waals surface area contributed by atoms with Crippen LogP contribution in [0.5, 0.6) is 0 Å². The van der Waals surface area contributed by atoms with E-state index in [1.165, 1.54) is 30.3 Å². The number of hydrogen-bond donors (Lipinski definition) is 3. The smallest absolute Gasteiger partial charge is 0.402 e. The molecule has 2 aromatic carbocycles. The van der Waals surface area contributed by atoms with E-state index in [1.807, 2.05) is 0 Å². The zero-order valence-corrected chi connectivity index (χ0v) is 21.5. The van der Waals surface area contributed by atoms with Crippen LogP contribution in [0.3, 0.4) is 0 Å². The van der Waals surface area contributed by atoms with E-state index in [1.54, 1.807) is 27.0 Å². The number of carboxylic acid groups (broad SMARTS) is 1. The first kappa shape index (κ1) is 28.7.